The van der Waals surface area contributed by atoms with Crippen LogP contribution in [-0.4, -0.2) is 43.4 Å². The van der Waals surface area contributed by atoms with Crippen molar-refractivity contribution in [2.75, 3.05) is 19.7 Å². The lowest BCUT2D eigenvalue weighted by molar-refractivity contribution is 0.322. The summed E-state index contributed by atoms with van der Waals surface area (Å²) in [4.78, 5) is 13.0. The Morgan fingerprint density at radius 2 is 1.35 bits per heavy atom. The third-order valence-corrected chi connectivity index (χ3v) is 6.16. The van der Waals surface area contributed by atoms with E-state index in [0.29, 0.717) is 31.4 Å². The number of ether oxygens (including phenoxy) is 1. The van der Waals surface area contributed by atoms with Crippen LogP contribution in [0.4, 0.5) is 0 Å². The molecule has 6 nitrogen and oxygen atoms in total. The third-order valence-electron chi connectivity index (χ3n) is 6.16. The number of amidine groups is 2. The molecule has 1 heterocycles. The van der Waals surface area contributed by atoms with Gasteiger partial charge in [-0.3, -0.25) is 15.4 Å². The van der Waals surface area contributed by atoms with Crippen molar-refractivity contribution in [3.05, 3.63) is 101 Å². The van der Waals surface area contributed by atoms with Crippen molar-refractivity contribution in [3.8, 4) is 5.75 Å². The van der Waals surface area contributed by atoms with Gasteiger partial charge in [0.2, 0.25) is 0 Å². The number of nitrogens with zero attached hydrogens (tertiary/aromatic N) is 3. The molecule has 0 bridgehead atoms. The molecule has 3 aromatic carbocycles. The van der Waals surface area contributed by atoms with Crippen molar-refractivity contribution in [1.29, 1.82) is 5.41 Å². The summed E-state index contributed by atoms with van der Waals surface area (Å²) in [7, 11) is 0. The Bertz CT molecular complexity index is 1230. The van der Waals surface area contributed by atoms with E-state index in [2.05, 4.69) is 93.9 Å². The zero-order valence-electron chi connectivity index (χ0n) is 21.5. The van der Waals surface area contributed by atoms with Gasteiger partial charge < -0.3 is 10.1 Å². The van der Waals surface area contributed by atoms with Gasteiger partial charge in [-0.05, 0) is 60.1 Å². The Balaban J connectivity index is 1.17. The minimum atomic E-state index is 0.251. The van der Waals surface area contributed by atoms with Crippen LogP contribution in [0.2, 0.25) is 0 Å². The first kappa shape index (κ1) is 26.0. The Morgan fingerprint density at radius 1 is 0.730 bits per heavy atom. The number of rotatable bonds is 12. The van der Waals surface area contributed by atoms with E-state index in [1.165, 1.54) is 22.3 Å². The smallest absolute Gasteiger partial charge is 0.178 e. The number of aliphatic imine (C=N–C) groups is 3. The lowest BCUT2D eigenvalue weighted by atomic mass is 10.0. The molecule has 0 atom stereocenters. The fourth-order valence-corrected chi connectivity index (χ4v) is 4.00. The number of hydrogen-bond acceptors (Lipinski definition) is 4. The first-order valence-electron chi connectivity index (χ1n) is 13.0. The van der Waals surface area contributed by atoms with Gasteiger partial charge in [-0.1, -0.05) is 73.7 Å². The van der Waals surface area contributed by atoms with Crippen LogP contribution in [0.5, 0.6) is 5.75 Å². The quantitative estimate of drug-likeness (QED) is 0.350. The first-order chi connectivity index (χ1) is 18.2. The van der Waals surface area contributed by atoms with E-state index in [1.807, 2.05) is 12.1 Å². The van der Waals surface area contributed by atoms with Gasteiger partial charge in [0.05, 0.1) is 12.9 Å². The van der Waals surface area contributed by atoms with E-state index >= 15 is 0 Å². The van der Waals surface area contributed by atoms with Crippen molar-refractivity contribution in [1.82, 2.24) is 5.32 Å². The number of nitrogens with one attached hydrogen (secondary N) is 2. The Morgan fingerprint density at radius 3 is 2.05 bits per heavy atom. The molecule has 0 amide bonds. The van der Waals surface area contributed by atoms with Crippen molar-refractivity contribution in [2.24, 2.45) is 15.0 Å². The average Bonchev–Trinajstić information content (AvgIpc) is 2.94. The second kappa shape index (κ2) is 13.9. The molecule has 2 N–H and O–H groups in total. The second-order valence-electron chi connectivity index (χ2n) is 9.01. The summed E-state index contributed by atoms with van der Waals surface area (Å²) in [6.07, 6.45) is 6.27. The zero-order chi connectivity index (χ0) is 25.7. The van der Waals surface area contributed by atoms with Crippen molar-refractivity contribution >= 4 is 23.7 Å². The first-order valence-corrected chi connectivity index (χ1v) is 13.0. The topological polar surface area (TPSA) is 82.2 Å². The lowest BCUT2D eigenvalue weighted by Gasteiger charge is -2.12. The molecule has 190 valence electrons. The van der Waals surface area contributed by atoms with Crippen LogP contribution in [0, 0.1) is 5.41 Å². The van der Waals surface area contributed by atoms with Gasteiger partial charge in [0.15, 0.2) is 11.7 Å². The molecule has 1 aliphatic heterocycles. The summed E-state index contributed by atoms with van der Waals surface area (Å²) in [5.74, 6) is 1.84. The van der Waals surface area contributed by atoms with Gasteiger partial charge in [-0.2, -0.15) is 0 Å². The summed E-state index contributed by atoms with van der Waals surface area (Å²) >= 11 is 0. The molecule has 0 radical (unpaired) electrons. The SMILES string of the molecule is CCCN=C1N=CNC(=NCCc2ccc(OCCc3ccc(CCc4ccccc4)cc3)cc2)C1=N. The number of aryl methyl sites for hydroxylation is 2. The zero-order valence-corrected chi connectivity index (χ0v) is 21.5. The monoisotopic (exact) mass is 493 g/mol. The summed E-state index contributed by atoms with van der Waals surface area (Å²) < 4.78 is 5.96. The van der Waals surface area contributed by atoms with Gasteiger partial charge >= 0.3 is 0 Å². The summed E-state index contributed by atoms with van der Waals surface area (Å²) in [5.41, 5.74) is 5.46. The average molecular weight is 494 g/mol. The number of benzene rings is 3. The van der Waals surface area contributed by atoms with Crippen LogP contribution in [0.15, 0.2) is 93.8 Å². The molecule has 0 spiro atoms. The molecular weight excluding hydrogens is 458 g/mol. The van der Waals surface area contributed by atoms with Gasteiger partial charge in [-0.15, -0.1) is 0 Å². The predicted molar refractivity (Wildman–Crippen MR) is 154 cm³/mol. The highest BCUT2D eigenvalue weighted by atomic mass is 16.5. The summed E-state index contributed by atoms with van der Waals surface area (Å²) in [5, 5.41) is 11.2. The Hall–Kier alpha value is -4.06. The van der Waals surface area contributed by atoms with Crippen molar-refractivity contribution < 1.29 is 4.74 Å². The molecular formula is C31H35N5O. The van der Waals surface area contributed by atoms with Crippen LogP contribution >= 0.6 is 0 Å². The van der Waals surface area contributed by atoms with Crippen molar-refractivity contribution in [3.63, 3.8) is 0 Å². The maximum atomic E-state index is 8.23. The van der Waals surface area contributed by atoms with Gasteiger partial charge in [0.1, 0.15) is 11.5 Å². The molecule has 0 aliphatic carbocycles. The van der Waals surface area contributed by atoms with E-state index in [1.54, 1.807) is 6.34 Å². The van der Waals surface area contributed by atoms with Crippen LogP contribution in [-0.2, 0) is 25.7 Å². The summed E-state index contributed by atoms with van der Waals surface area (Å²) in [6.45, 7) is 3.95. The molecule has 0 unspecified atom stereocenters. The molecule has 0 saturated heterocycles. The maximum Gasteiger partial charge on any atom is 0.178 e. The molecule has 4 rings (SSSR count). The van der Waals surface area contributed by atoms with E-state index in [9.17, 15) is 0 Å². The van der Waals surface area contributed by atoms with Crippen LogP contribution in [0.25, 0.3) is 0 Å². The lowest BCUT2D eigenvalue weighted by Crippen LogP contribution is -2.39. The minimum Gasteiger partial charge on any atom is -0.493 e. The molecule has 0 aromatic heterocycles. The third kappa shape index (κ3) is 8.24. The fourth-order valence-electron chi connectivity index (χ4n) is 4.00. The molecule has 0 saturated carbocycles. The van der Waals surface area contributed by atoms with Gasteiger partial charge in [0, 0.05) is 19.5 Å². The van der Waals surface area contributed by atoms with Crippen LogP contribution in [0.1, 0.15) is 35.6 Å². The second-order valence-corrected chi connectivity index (χ2v) is 9.01. The maximum absolute atomic E-state index is 8.23. The highest BCUT2D eigenvalue weighted by molar-refractivity contribution is 6.69. The van der Waals surface area contributed by atoms with E-state index in [-0.39, 0.29) is 5.71 Å². The summed E-state index contributed by atoms with van der Waals surface area (Å²) in [6, 6.07) is 27.7. The van der Waals surface area contributed by atoms with E-state index in [4.69, 9.17) is 10.1 Å². The Labute approximate surface area is 219 Å². The van der Waals surface area contributed by atoms with Gasteiger partial charge in [-0.25, -0.2) is 4.99 Å². The molecule has 0 fully saturated rings. The molecule has 1 aliphatic rings. The molecule has 37 heavy (non-hydrogen) atoms. The van der Waals surface area contributed by atoms with Gasteiger partial charge in [0.25, 0.3) is 0 Å². The number of hydrogen-bond donors (Lipinski definition) is 2. The molecule has 3 aromatic rings. The fraction of sp³-hybridized carbons (Fsp3) is 0.290. The van der Waals surface area contributed by atoms with E-state index < -0.39 is 0 Å². The normalized spacial score (nSPS) is 15.2. The minimum absolute atomic E-state index is 0.251. The predicted octanol–water partition coefficient (Wildman–Crippen LogP) is 5.49. The standard InChI is InChI=1S/C31H35N5O/c1-2-20-33-30-29(32)31(36-23-35-30)34-21-18-26-14-16-28(17-15-26)37-22-19-27-12-10-25(11-13-27)9-8-24-6-4-3-5-7-24/h3-7,10-17,23,32H,2,8-9,18-22H2,1H3,(H,33,34,35,36). The highest BCUT2D eigenvalue weighted by Gasteiger charge is 2.16. The highest BCUT2D eigenvalue weighted by Crippen LogP contribution is 2.14. The van der Waals surface area contributed by atoms with Crippen LogP contribution < -0.4 is 10.1 Å². The Kier molecular flexibility index (Phi) is 9.76. The largest absolute Gasteiger partial charge is 0.493 e. The molecule has 6 heteroatoms. The van der Waals surface area contributed by atoms with Crippen LogP contribution in [0.3, 0.4) is 0 Å². The van der Waals surface area contributed by atoms with Crippen molar-refractivity contribution in [2.45, 2.75) is 39.0 Å². The van der Waals surface area contributed by atoms with E-state index in [0.717, 1.165) is 37.9 Å².